The molecular formula is C22H23N3OS. The summed E-state index contributed by atoms with van der Waals surface area (Å²) in [5.41, 5.74) is 4.63. The number of fused-ring (bicyclic) bond motifs is 1. The predicted molar refractivity (Wildman–Crippen MR) is 113 cm³/mol. The molecule has 2 amide bonds. The quantitative estimate of drug-likeness (QED) is 0.658. The van der Waals surface area contributed by atoms with Gasteiger partial charge in [-0.25, -0.2) is 4.79 Å². The zero-order valence-corrected chi connectivity index (χ0v) is 16.1. The van der Waals surface area contributed by atoms with E-state index in [1.807, 2.05) is 31.2 Å². The summed E-state index contributed by atoms with van der Waals surface area (Å²) in [6.45, 7) is 3.57. The molecule has 0 saturated carbocycles. The predicted octanol–water partition coefficient (Wildman–Crippen LogP) is 4.98. The molecule has 5 heteroatoms. The number of anilines is 2. The van der Waals surface area contributed by atoms with Crippen LogP contribution in [-0.4, -0.2) is 19.1 Å². The Morgan fingerprint density at radius 1 is 1.11 bits per heavy atom. The summed E-state index contributed by atoms with van der Waals surface area (Å²) in [7, 11) is 0. The molecule has 1 aromatic heterocycles. The maximum Gasteiger partial charge on any atom is 0.319 e. The van der Waals surface area contributed by atoms with Crippen molar-refractivity contribution < 1.29 is 4.79 Å². The average molecular weight is 378 g/mol. The number of hydrogen-bond acceptors (Lipinski definition) is 3. The van der Waals surface area contributed by atoms with Crippen LogP contribution in [0.1, 0.15) is 22.0 Å². The number of nitrogens with zero attached hydrogens (tertiary/aromatic N) is 1. The maximum atomic E-state index is 12.4. The molecule has 0 saturated heterocycles. The third kappa shape index (κ3) is 3.98. The van der Waals surface area contributed by atoms with Crippen molar-refractivity contribution in [3.8, 4) is 0 Å². The highest BCUT2D eigenvalue weighted by Gasteiger charge is 2.27. The number of amides is 2. The van der Waals surface area contributed by atoms with Crippen LogP contribution in [0.2, 0.25) is 0 Å². The first kappa shape index (κ1) is 17.6. The van der Waals surface area contributed by atoms with E-state index < -0.39 is 0 Å². The molecule has 138 valence electrons. The van der Waals surface area contributed by atoms with E-state index in [0.29, 0.717) is 6.54 Å². The van der Waals surface area contributed by atoms with Gasteiger partial charge in [0.05, 0.1) is 6.04 Å². The Labute approximate surface area is 163 Å². The Bertz CT molecular complexity index is 906. The van der Waals surface area contributed by atoms with Crippen LogP contribution in [0.4, 0.5) is 16.2 Å². The lowest BCUT2D eigenvalue weighted by atomic mass is 10.1. The highest BCUT2D eigenvalue weighted by atomic mass is 32.1. The summed E-state index contributed by atoms with van der Waals surface area (Å²) in [6.07, 6.45) is 1.05. The zero-order chi connectivity index (χ0) is 18.6. The van der Waals surface area contributed by atoms with Gasteiger partial charge < -0.3 is 15.5 Å². The van der Waals surface area contributed by atoms with E-state index in [1.54, 1.807) is 11.3 Å². The van der Waals surface area contributed by atoms with Crippen LogP contribution in [0.25, 0.3) is 0 Å². The minimum atomic E-state index is -0.173. The summed E-state index contributed by atoms with van der Waals surface area (Å²) in [5.74, 6) is 0. The Balaban J connectivity index is 1.46. The molecule has 1 aliphatic rings. The van der Waals surface area contributed by atoms with Crippen LogP contribution in [0, 0.1) is 6.92 Å². The molecule has 1 atom stereocenters. The van der Waals surface area contributed by atoms with Gasteiger partial charge in [0.1, 0.15) is 0 Å². The molecular weight excluding hydrogens is 354 g/mol. The lowest BCUT2D eigenvalue weighted by Crippen LogP contribution is -2.38. The van der Waals surface area contributed by atoms with E-state index in [9.17, 15) is 4.79 Å². The van der Waals surface area contributed by atoms with Gasteiger partial charge in [0, 0.05) is 29.3 Å². The number of urea groups is 1. The summed E-state index contributed by atoms with van der Waals surface area (Å²) >= 11 is 1.74. The van der Waals surface area contributed by atoms with Crippen molar-refractivity contribution in [1.82, 2.24) is 5.32 Å². The molecule has 2 aromatic carbocycles. The highest BCUT2D eigenvalue weighted by Crippen LogP contribution is 2.36. The second-order valence-corrected chi connectivity index (χ2v) is 7.78. The average Bonchev–Trinajstić information content (AvgIpc) is 3.35. The minimum Gasteiger partial charge on any atom is -0.361 e. The number of hydrogen-bond donors (Lipinski definition) is 2. The van der Waals surface area contributed by atoms with Gasteiger partial charge in [-0.05, 0) is 48.6 Å². The summed E-state index contributed by atoms with van der Waals surface area (Å²) < 4.78 is 0. The fourth-order valence-electron chi connectivity index (χ4n) is 3.53. The molecule has 0 bridgehead atoms. The van der Waals surface area contributed by atoms with Crippen LogP contribution in [0.5, 0.6) is 0 Å². The number of nitrogens with one attached hydrogen (secondary N) is 2. The van der Waals surface area contributed by atoms with Crippen molar-refractivity contribution in [2.24, 2.45) is 0 Å². The minimum absolute atomic E-state index is 0.136. The molecule has 4 nitrogen and oxygen atoms in total. The van der Waals surface area contributed by atoms with E-state index in [1.165, 1.54) is 21.7 Å². The smallest absolute Gasteiger partial charge is 0.319 e. The molecule has 2 heterocycles. The number of carbonyl (C=O) groups excluding carboxylic acids is 1. The fraction of sp³-hybridized carbons (Fsp3) is 0.227. The standard InChI is InChI=1S/C22H23N3OS/c1-16-8-10-18(11-9-16)24-22(26)23-15-20(21-7-4-14-27-21)25-13-12-17-5-2-3-6-19(17)25/h2-11,14,20H,12-13,15H2,1H3,(H2,23,24,26)/t20-/m1/s1. The number of benzene rings is 2. The van der Waals surface area contributed by atoms with E-state index in [2.05, 4.69) is 57.3 Å². The van der Waals surface area contributed by atoms with Gasteiger partial charge in [0.2, 0.25) is 0 Å². The number of rotatable bonds is 5. The monoisotopic (exact) mass is 377 g/mol. The van der Waals surface area contributed by atoms with E-state index >= 15 is 0 Å². The molecule has 4 rings (SSSR count). The molecule has 27 heavy (non-hydrogen) atoms. The topological polar surface area (TPSA) is 44.4 Å². The molecule has 0 radical (unpaired) electrons. The Hall–Kier alpha value is -2.79. The largest absolute Gasteiger partial charge is 0.361 e. The van der Waals surface area contributed by atoms with Crippen molar-refractivity contribution >= 4 is 28.7 Å². The van der Waals surface area contributed by atoms with Crippen molar-refractivity contribution in [3.05, 3.63) is 82.0 Å². The number of aryl methyl sites for hydroxylation is 1. The third-order valence-electron chi connectivity index (χ3n) is 4.94. The van der Waals surface area contributed by atoms with Gasteiger partial charge in [-0.15, -0.1) is 11.3 Å². The Kier molecular flexibility index (Phi) is 5.12. The molecule has 0 fully saturated rings. The van der Waals surface area contributed by atoms with Gasteiger partial charge in [-0.3, -0.25) is 0 Å². The molecule has 0 aliphatic carbocycles. The normalized spacial score (nSPS) is 13.9. The fourth-order valence-corrected chi connectivity index (χ4v) is 4.37. The van der Waals surface area contributed by atoms with Crippen molar-refractivity contribution in [1.29, 1.82) is 0 Å². The zero-order valence-electron chi connectivity index (χ0n) is 15.3. The number of carbonyl (C=O) groups is 1. The molecule has 0 spiro atoms. The second-order valence-electron chi connectivity index (χ2n) is 6.80. The lowest BCUT2D eigenvalue weighted by molar-refractivity contribution is 0.251. The van der Waals surface area contributed by atoms with Gasteiger partial charge in [0.15, 0.2) is 0 Å². The SMILES string of the molecule is Cc1ccc(NC(=O)NC[C@H](c2cccs2)N2CCc3ccccc32)cc1. The van der Waals surface area contributed by atoms with Crippen LogP contribution in [0.3, 0.4) is 0 Å². The van der Waals surface area contributed by atoms with Gasteiger partial charge >= 0.3 is 6.03 Å². The maximum absolute atomic E-state index is 12.4. The van der Waals surface area contributed by atoms with E-state index in [-0.39, 0.29) is 12.1 Å². The summed E-state index contributed by atoms with van der Waals surface area (Å²) in [6, 6.07) is 20.5. The van der Waals surface area contributed by atoms with Crippen molar-refractivity contribution in [3.63, 3.8) is 0 Å². The third-order valence-corrected chi connectivity index (χ3v) is 5.91. The molecule has 1 aliphatic heterocycles. The molecule has 0 unspecified atom stereocenters. The Morgan fingerprint density at radius 3 is 2.70 bits per heavy atom. The van der Waals surface area contributed by atoms with Crippen molar-refractivity contribution in [2.45, 2.75) is 19.4 Å². The summed E-state index contributed by atoms with van der Waals surface area (Å²) in [4.78, 5) is 16.1. The van der Waals surface area contributed by atoms with Gasteiger partial charge in [0.25, 0.3) is 0 Å². The highest BCUT2D eigenvalue weighted by molar-refractivity contribution is 7.10. The first-order valence-electron chi connectivity index (χ1n) is 9.20. The summed E-state index contributed by atoms with van der Waals surface area (Å²) in [5, 5.41) is 8.07. The number of para-hydroxylation sites is 1. The Morgan fingerprint density at radius 2 is 1.93 bits per heavy atom. The first-order chi connectivity index (χ1) is 13.2. The van der Waals surface area contributed by atoms with Crippen molar-refractivity contribution in [2.75, 3.05) is 23.3 Å². The van der Waals surface area contributed by atoms with Gasteiger partial charge in [-0.2, -0.15) is 0 Å². The van der Waals surface area contributed by atoms with E-state index in [4.69, 9.17) is 0 Å². The van der Waals surface area contributed by atoms with Crippen LogP contribution in [-0.2, 0) is 6.42 Å². The molecule has 3 aromatic rings. The van der Waals surface area contributed by atoms with Crippen LogP contribution >= 0.6 is 11.3 Å². The second kappa shape index (κ2) is 7.84. The molecule has 2 N–H and O–H groups in total. The van der Waals surface area contributed by atoms with Crippen LogP contribution < -0.4 is 15.5 Å². The first-order valence-corrected chi connectivity index (χ1v) is 10.1. The van der Waals surface area contributed by atoms with Gasteiger partial charge in [-0.1, -0.05) is 42.0 Å². The lowest BCUT2D eigenvalue weighted by Gasteiger charge is -2.30. The van der Waals surface area contributed by atoms with Crippen LogP contribution in [0.15, 0.2) is 66.0 Å². The number of thiophene rings is 1. The van der Waals surface area contributed by atoms with E-state index in [0.717, 1.165) is 18.7 Å².